The van der Waals surface area contributed by atoms with E-state index in [-0.39, 0.29) is 23.7 Å². The summed E-state index contributed by atoms with van der Waals surface area (Å²) in [6, 6.07) is 0.357. The molecule has 8 nitrogen and oxygen atoms in total. The summed E-state index contributed by atoms with van der Waals surface area (Å²) in [7, 11) is -3.37. The molecule has 2 heterocycles. The third kappa shape index (κ3) is 4.19. The normalized spacial score (nSPS) is 26.6. The van der Waals surface area contributed by atoms with Gasteiger partial charge in [0.2, 0.25) is 17.1 Å². The second-order valence-electron chi connectivity index (χ2n) is 7.74. The molecule has 1 aromatic rings. The molecule has 1 aliphatic carbocycles. The molecule has 9 heteroatoms. The Labute approximate surface area is 157 Å². The quantitative estimate of drug-likeness (QED) is 0.672. The Balaban J connectivity index is 1.86. The van der Waals surface area contributed by atoms with E-state index in [1.807, 2.05) is 0 Å². The molecule has 2 atom stereocenters. The molecule has 0 bridgehead atoms. The number of aliphatic hydroxyl groups excluding tert-OH is 1. The van der Waals surface area contributed by atoms with Gasteiger partial charge in [0, 0.05) is 17.9 Å². The topological polar surface area (TPSA) is 134 Å². The zero-order valence-electron chi connectivity index (χ0n) is 15.2. The van der Waals surface area contributed by atoms with Crippen LogP contribution in [0, 0.1) is 6.92 Å². The Morgan fingerprint density at radius 1 is 1.30 bits per heavy atom. The third-order valence-corrected chi connectivity index (χ3v) is 7.22. The smallest absolute Gasteiger partial charge is 0.227 e. The fourth-order valence-corrected chi connectivity index (χ4v) is 5.95. The molecule has 27 heavy (non-hydrogen) atoms. The molecule has 3 N–H and O–H groups in total. The first-order valence-electron chi connectivity index (χ1n) is 9.14. The average Bonchev–Trinajstić information content (AvgIpc) is 2.83. The minimum atomic E-state index is -3.37. The number of rotatable bonds is 4. The van der Waals surface area contributed by atoms with Gasteiger partial charge in [-0.05, 0) is 19.8 Å². The van der Waals surface area contributed by atoms with Gasteiger partial charge in [-0.2, -0.15) is 0 Å². The Hall–Kier alpha value is -1.87. The lowest BCUT2D eigenvalue weighted by Gasteiger charge is -2.36. The van der Waals surface area contributed by atoms with Crippen molar-refractivity contribution in [1.82, 2.24) is 5.32 Å². The second kappa shape index (κ2) is 7.27. The molecule has 0 unspecified atom stereocenters. The highest BCUT2D eigenvalue weighted by Gasteiger charge is 2.43. The van der Waals surface area contributed by atoms with E-state index in [1.165, 1.54) is 6.07 Å². The first-order valence-corrected chi connectivity index (χ1v) is 11.0. The van der Waals surface area contributed by atoms with E-state index in [1.54, 1.807) is 6.92 Å². The molecule has 0 aromatic carbocycles. The Bertz CT molecular complexity index is 883. The predicted octanol–water partition coefficient (Wildman–Crippen LogP) is 0.520. The molecule has 1 aliphatic heterocycles. The summed E-state index contributed by atoms with van der Waals surface area (Å²) < 4.78 is 28.9. The number of amides is 1. The summed E-state index contributed by atoms with van der Waals surface area (Å²) in [5, 5.41) is 22.8. The van der Waals surface area contributed by atoms with Crippen LogP contribution in [0.1, 0.15) is 50.0 Å². The molecule has 1 saturated carbocycles. The van der Waals surface area contributed by atoms with Crippen molar-refractivity contribution in [3.8, 4) is 5.75 Å². The number of aliphatic hydroxyl groups is 1. The van der Waals surface area contributed by atoms with E-state index in [0.717, 1.165) is 19.3 Å². The summed E-state index contributed by atoms with van der Waals surface area (Å²) in [4.78, 5) is 24.7. The number of aromatic hydroxyl groups is 1. The Morgan fingerprint density at radius 2 is 1.96 bits per heavy atom. The van der Waals surface area contributed by atoms with Crippen LogP contribution in [0.5, 0.6) is 5.75 Å². The van der Waals surface area contributed by atoms with Crippen LogP contribution in [0.15, 0.2) is 15.3 Å². The van der Waals surface area contributed by atoms with Crippen LogP contribution in [-0.4, -0.2) is 48.2 Å². The van der Waals surface area contributed by atoms with Gasteiger partial charge in [0.05, 0.1) is 23.7 Å². The highest BCUT2D eigenvalue weighted by atomic mass is 32.2. The number of carbonyl (C=O) groups excluding carboxylic acids is 1. The van der Waals surface area contributed by atoms with Crippen molar-refractivity contribution in [3.05, 3.63) is 27.8 Å². The number of nitrogens with one attached hydrogen (secondary N) is 1. The minimum absolute atomic E-state index is 0.0454. The van der Waals surface area contributed by atoms with Gasteiger partial charge >= 0.3 is 0 Å². The average molecular weight is 399 g/mol. The lowest BCUT2D eigenvalue weighted by molar-refractivity contribution is -0.124. The summed E-state index contributed by atoms with van der Waals surface area (Å²) in [6.45, 7) is 1.61. The van der Waals surface area contributed by atoms with Crippen LogP contribution < -0.4 is 10.7 Å². The van der Waals surface area contributed by atoms with Crippen molar-refractivity contribution in [1.29, 1.82) is 0 Å². The minimum Gasteiger partial charge on any atom is -0.502 e. The van der Waals surface area contributed by atoms with Crippen LogP contribution in [0.3, 0.4) is 0 Å². The molecule has 2 aliphatic rings. The van der Waals surface area contributed by atoms with Crippen molar-refractivity contribution in [2.45, 2.75) is 63.0 Å². The maximum Gasteiger partial charge on any atom is 0.227 e. The van der Waals surface area contributed by atoms with Crippen LogP contribution in [0.4, 0.5) is 0 Å². The zero-order valence-corrected chi connectivity index (χ0v) is 16.0. The van der Waals surface area contributed by atoms with Crippen molar-refractivity contribution in [2.75, 3.05) is 11.5 Å². The molecular formula is C18H25NO7S. The molecule has 0 spiro atoms. The number of aryl methyl sites for hydroxylation is 1. The van der Waals surface area contributed by atoms with Gasteiger partial charge in [-0.15, -0.1) is 0 Å². The summed E-state index contributed by atoms with van der Waals surface area (Å²) in [6.07, 6.45) is 2.61. The monoisotopic (exact) mass is 399 g/mol. The van der Waals surface area contributed by atoms with Crippen molar-refractivity contribution >= 4 is 15.7 Å². The van der Waals surface area contributed by atoms with Crippen LogP contribution in [-0.2, 0) is 20.0 Å². The van der Waals surface area contributed by atoms with Gasteiger partial charge in [-0.25, -0.2) is 8.42 Å². The SMILES string of the molecule is Cc1cc(=O)c(O)c(C2(CC(=O)N[C@H]3CS(=O)(=O)C[C@H]3O)CCCCC2)o1. The largest absolute Gasteiger partial charge is 0.502 e. The van der Waals surface area contributed by atoms with E-state index in [2.05, 4.69) is 5.32 Å². The fraction of sp³-hybridized carbons (Fsp3) is 0.667. The van der Waals surface area contributed by atoms with E-state index < -0.39 is 44.5 Å². The highest BCUT2D eigenvalue weighted by molar-refractivity contribution is 7.91. The Kier molecular flexibility index (Phi) is 5.36. The lowest BCUT2D eigenvalue weighted by atomic mass is 9.69. The lowest BCUT2D eigenvalue weighted by Crippen LogP contribution is -2.45. The van der Waals surface area contributed by atoms with Gasteiger partial charge in [0.15, 0.2) is 15.6 Å². The van der Waals surface area contributed by atoms with Crippen LogP contribution in [0.2, 0.25) is 0 Å². The molecule has 150 valence electrons. The van der Waals surface area contributed by atoms with Crippen molar-refractivity contribution < 1.29 is 27.8 Å². The summed E-state index contributed by atoms with van der Waals surface area (Å²) in [5.41, 5.74) is -1.36. The maximum atomic E-state index is 12.7. The number of carbonyl (C=O) groups is 1. The van der Waals surface area contributed by atoms with E-state index in [0.29, 0.717) is 18.6 Å². The van der Waals surface area contributed by atoms with Crippen LogP contribution >= 0.6 is 0 Å². The van der Waals surface area contributed by atoms with Gasteiger partial charge < -0.3 is 19.9 Å². The molecule has 1 amide bonds. The summed E-state index contributed by atoms with van der Waals surface area (Å²) >= 11 is 0. The highest BCUT2D eigenvalue weighted by Crippen LogP contribution is 2.45. The van der Waals surface area contributed by atoms with E-state index in [9.17, 15) is 28.2 Å². The zero-order chi connectivity index (χ0) is 19.8. The van der Waals surface area contributed by atoms with Gasteiger partial charge in [-0.1, -0.05) is 19.3 Å². The first-order chi connectivity index (χ1) is 12.6. The van der Waals surface area contributed by atoms with E-state index in [4.69, 9.17) is 4.42 Å². The first kappa shape index (κ1) is 19.9. The number of hydrogen-bond acceptors (Lipinski definition) is 7. The molecule has 1 aromatic heterocycles. The standard InChI is InChI=1S/C18H25NO7S/c1-11-7-13(20)16(23)17(26-11)18(5-3-2-4-6-18)8-15(22)19-12-9-27(24,25)10-14(12)21/h7,12,14,21,23H,2-6,8-10H2,1H3,(H,19,22)/t12-,14+/m0/s1. The molecule has 3 rings (SSSR count). The molecule has 1 saturated heterocycles. The maximum absolute atomic E-state index is 12.7. The predicted molar refractivity (Wildman–Crippen MR) is 97.4 cm³/mol. The summed E-state index contributed by atoms with van der Waals surface area (Å²) in [5.74, 6) is -1.08. The van der Waals surface area contributed by atoms with Crippen LogP contribution in [0.25, 0.3) is 0 Å². The molecule has 2 fully saturated rings. The molecule has 0 radical (unpaired) electrons. The van der Waals surface area contributed by atoms with Gasteiger partial charge in [0.1, 0.15) is 5.76 Å². The van der Waals surface area contributed by atoms with Gasteiger partial charge in [-0.3, -0.25) is 9.59 Å². The second-order valence-corrected chi connectivity index (χ2v) is 9.89. The Morgan fingerprint density at radius 3 is 2.56 bits per heavy atom. The number of hydrogen-bond donors (Lipinski definition) is 3. The van der Waals surface area contributed by atoms with E-state index >= 15 is 0 Å². The fourth-order valence-electron chi connectivity index (χ4n) is 4.21. The van der Waals surface area contributed by atoms with Crippen molar-refractivity contribution in [2.24, 2.45) is 0 Å². The van der Waals surface area contributed by atoms with Gasteiger partial charge in [0.25, 0.3) is 0 Å². The molecular weight excluding hydrogens is 374 g/mol. The third-order valence-electron chi connectivity index (χ3n) is 5.51. The van der Waals surface area contributed by atoms with Crippen molar-refractivity contribution in [3.63, 3.8) is 0 Å². The number of sulfone groups is 1.